The molecule has 2 aliphatic rings. The van der Waals surface area contributed by atoms with Crippen LogP contribution in [0.25, 0.3) is 0 Å². The first-order chi connectivity index (χ1) is 12.2. The third-order valence-corrected chi connectivity index (χ3v) is 6.78. The van der Waals surface area contributed by atoms with Gasteiger partial charge in [-0.2, -0.15) is 0 Å². The van der Waals surface area contributed by atoms with E-state index in [1.807, 2.05) is 12.1 Å². The van der Waals surface area contributed by atoms with E-state index in [1.54, 1.807) is 12.1 Å². The topological polar surface area (TPSA) is 49.9 Å². The summed E-state index contributed by atoms with van der Waals surface area (Å²) in [5.41, 5.74) is 0.599. The van der Waals surface area contributed by atoms with Gasteiger partial charge < -0.3 is 9.64 Å². The minimum Gasteiger partial charge on any atom is -0.492 e. The summed E-state index contributed by atoms with van der Waals surface area (Å²) in [4.78, 5) is 29.8. The summed E-state index contributed by atoms with van der Waals surface area (Å²) in [5, 5.41) is 0. The van der Waals surface area contributed by atoms with E-state index in [0.29, 0.717) is 22.1 Å². The average Bonchev–Trinajstić information content (AvgIpc) is 2.91. The van der Waals surface area contributed by atoms with Gasteiger partial charge in [0.15, 0.2) is 0 Å². The number of nitrogens with zero attached hydrogens (tertiary/aromatic N) is 2. The molecular weight excluding hydrogens is 392 g/mol. The molecule has 26 heavy (non-hydrogen) atoms. The molecule has 0 aromatic heterocycles. The number of ether oxygens (including phenoxy) is 1. The van der Waals surface area contributed by atoms with E-state index >= 15 is 0 Å². The molecule has 3 rings (SSSR count). The first kappa shape index (κ1) is 21.2. The summed E-state index contributed by atoms with van der Waals surface area (Å²) < 4.78 is 5.76. The van der Waals surface area contributed by atoms with Gasteiger partial charge in [0.05, 0.1) is 15.5 Å². The van der Waals surface area contributed by atoms with Crippen molar-refractivity contribution in [1.82, 2.24) is 4.90 Å². The molecule has 0 fully saturated rings. The Morgan fingerprint density at radius 2 is 1.54 bits per heavy atom. The number of thioether (sulfide) groups is 2. The van der Waals surface area contributed by atoms with Crippen molar-refractivity contribution in [3.05, 3.63) is 34.1 Å². The Morgan fingerprint density at radius 3 is 2.04 bits per heavy atom. The summed E-state index contributed by atoms with van der Waals surface area (Å²) in [6, 6.07) is 7.18. The smallest absolute Gasteiger partial charge is 0.273 e. The lowest BCUT2D eigenvalue weighted by Gasteiger charge is -2.18. The zero-order valence-electron chi connectivity index (χ0n) is 14.9. The molecule has 0 atom stereocenters. The number of hydrogen-bond acceptors (Lipinski definition) is 6. The van der Waals surface area contributed by atoms with Crippen molar-refractivity contribution in [2.75, 3.05) is 42.6 Å². The highest BCUT2D eigenvalue weighted by atomic mass is 35.5. The number of anilines is 1. The van der Waals surface area contributed by atoms with Gasteiger partial charge in [0, 0.05) is 18.1 Å². The minimum atomic E-state index is -0.201. The van der Waals surface area contributed by atoms with Crippen molar-refractivity contribution in [2.24, 2.45) is 0 Å². The molecule has 8 heteroatoms. The molecule has 0 aliphatic carbocycles. The van der Waals surface area contributed by atoms with E-state index in [0.717, 1.165) is 36.9 Å². The van der Waals surface area contributed by atoms with Crippen LogP contribution < -0.4 is 9.64 Å². The Morgan fingerprint density at radius 1 is 1.00 bits per heavy atom. The fourth-order valence-corrected chi connectivity index (χ4v) is 5.08. The lowest BCUT2D eigenvalue weighted by molar-refractivity contribution is -0.120. The summed E-state index contributed by atoms with van der Waals surface area (Å²) in [6.07, 6.45) is 0. The standard InChI is InChI=1S/C18H22N2O3S2.ClH/c1-3-19(4-2)9-10-23-14-7-5-13(6-8-14)20-17(21)15-16(18(20)22)25-12-11-24-15;/h5-8H,3-4,9-12H2,1-2H3;1H. The van der Waals surface area contributed by atoms with Crippen LogP contribution in [0.5, 0.6) is 5.75 Å². The predicted molar refractivity (Wildman–Crippen MR) is 111 cm³/mol. The van der Waals surface area contributed by atoms with E-state index < -0.39 is 0 Å². The normalized spacial score (nSPS) is 16.8. The molecule has 0 radical (unpaired) electrons. The third kappa shape index (κ3) is 4.39. The molecule has 0 N–H and O–H groups in total. The number of benzene rings is 1. The summed E-state index contributed by atoms with van der Waals surface area (Å²) >= 11 is 2.97. The second-order valence-electron chi connectivity index (χ2n) is 5.67. The molecule has 0 unspecified atom stereocenters. The number of carbonyl (C=O) groups is 2. The van der Waals surface area contributed by atoms with Gasteiger partial charge in [-0.3, -0.25) is 9.59 Å². The molecule has 0 saturated carbocycles. The average molecular weight is 415 g/mol. The number of carbonyl (C=O) groups excluding carboxylic acids is 2. The van der Waals surface area contributed by atoms with Crippen LogP contribution >= 0.6 is 35.9 Å². The van der Waals surface area contributed by atoms with Gasteiger partial charge in [0.1, 0.15) is 12.4 Å². The highest BCUT2D eigenvalue weighted by molar-refractivity contribution is 8.11. The fourth-order valence-electron chi connectivity index (χ4n) is 2.79. The molecule has 2 aliphatic heterocycles. The molecule has 5 nitrogen and oxygen atoms in total. The van der Waals surface area contributed by atoms with Crippen molar-refractivity contribution < 1.29 is 14.3 Å². The third-order valence-electron chi connectivity index (χ3n) is 4.24. The Labute approximate surface area is 168 Å². The molecule has 0 spiro atoms. The van der Waals surface area contributed by atoms with Crippen molar-refractivity contribution in [3.63, 3.8) is 0 Å². The summed E-state index contributed by atoms with van der Waals surface area (Å²) in [5.74, 6) is 2.09. The molecular formula is C18H23ClN2O3S2. The van der Waals surface area contributed by atoms with Gasteiger partial charge in [0.2, 0.25) is 0 Å². The van der Waals surface area contributed by atoms with Gasteiger partial charge in [-0.15, -0.1) is 35.9 Å². The molecule has 0 bridgehead atoms. The van der Waals surface area contributed by atoms with Crippen LogP contribution in [0.15, 0.2) is 34.1 Å². The Balaban J connectivity index is 0.00000243. The number of amides is 2. The molecule has 2 heterocycles. The van der Waals surface area contributed by atoms with Crippen LogP contribution in [-0.2, 0) is 9.59 Å². The molecule has 142 valence electrons. The lowest BCUT2D eigenvalue weighted by atomic mass is 10.2. The fraction of sp³-hybridized carbons (Fsp3) is 0.444. The maximum absolute atomic E-state index is 12.5. The van der Waals surface area contributed by atoms with E-state index in [9.17, 15) is 9.59 Å². The highest BCUT2D eigenvalue weighted by Gasteiger charge is 2.41. The van der Waals surface area contributed by atoms with Gasteiger partial charge in [-0.1, -0.05) is 13.8 Å². The lowest BCUT2D eigenvalue weighted by Crippen LogP contribution is -2.31. The van der Waals surface area contributed by atoms with Crippen LogP contribution in [0.2, 0.25) is 0 Å². The number of likely N-dealkylation sites (N-methyl/N-ethyl adjacent to an activating group) is 1. The Hall–Kier alpha value is -1.15. The number of hydrogen-bond donors (Lipinski definition) is 0. The number of halogens is 1. The van der Waals surface area contributed by atoms with Crippen molar-refractivity contribution in [3.8, 4) is 5.75 Å². The van der Waals surface area contributed by atoms with Crippen molar-refractivity contribution in [1.29, 1.82) is 0 Å². The van der Waals surface area contributed by atoms with Gasteiger partial charge in [0.25, 0.3) is 11.8 Å². The maximum Gasteiger partial charge on any atom is 0.273 e. The van der Waals surface area contributed by atoms with E-state index in [4.69, 9.17) is 4.74 Å². The molecule has 0 saturated heterocycles. The maximum atomic E-state index is 12.5. The van der Waals surface area contributed by atoms with Gasteiger partial charge in [-0.05, 0) is 37.4 Å². The quantitative estimate of drug-likeness (QED) is 0.637. The second-order valence-corrected chi connectivity index (χ2v) is 7.88. The number of rotatable bonds is 7. The van der Waals surface area contributed by atoms with E-state index in [1.165, 1.54) is 28.4 Å². The Bertz CT molecular complexity index is 662. The summed E-state index contributed by atoms with van der Waals surface area (Å²) in [6.45, 7) is 7.77. The largest absolute Gasteiger partial charge is 0.492 e. The van der Waals surface area contributed by atoms with E-state index in [-0.39, 0.29) is 24.2 Å². The molecule has 1 aromatic carbocycles. The van der Waals surface area contributed by atoms with Crippen LogP contribution in [0.4, 0.5) is 5.69 Å². The second kappa shape index (κ2) is 9.69. The van der Waals surface area contributed by atoms with Crippen LogP contribution in [-0.4, -0.2) is 54.5 Å². The SMILES string of the molecule is CCN(CC)CCOc1ccc(N2C(=O)C3=C(SCCS3)C2=O)cc1.Cl. The van der Waals surface area contributed by atoms with Crippen molar-refractivity contribution >= 4 is 53.4 Å². The van der Waals surface area contributed by atoms with Crippen LogP contribution in [0, 0.1) is 0 Å². The monoisotopic (exact) mass is 414 g/mol. The molecule has 2 amide bonds. The minimum absolute atomic E-state index is 0. The first-order valence-corrected chi connectivity index (χ1v) is 10.5. The van der Waals surface area contributed by atoms with E-state index in [2.05, 4.69) is 18.7 Å². The van der Waals surface area contributed by atoms with Crippen LogP contribution in [0.1, 0.15) is 13.8 Å². The van der Waals surface area contributed by atoms with Crippen molar-refractivity contribution in [2.45, 2.75) is 13.8 Å². The zero-order valence-corrected chi connectivity index (χ0v) is 17.3. The Kier molecular flexibility index (Phi) is 7.88. The summed E-state index contributed by atoms with van der Waals surface area (Å²) in [7, 11) is 0. The van der Waals surface area contributed by atoms with Gasteiger partial charge >= 0.3 is 0 Å². The zero-order chi connectivity index (χ0) is 17.8. The number of imide groups is 1. The molecule has 1 aromatic rings. The van der Waals surface area contributed by atoms with Gasteiger partial charge in [-0.25, -0.2) is 4.90 Å². The predicted octanol–water partition coefficient (Wildman–Crippen LogP) is 3.39. The highest BCUT2D eigenvalue weighted by Crippen LogP contribution is 2.42. The van der Waals surface area contributed by atoms with Crippen LogP contribution in [0.3, 0.4) is 0 Å². The first-order valence-electron chi connectivity index (χ1n) is 8.49.